The lowest BCUT2D eigenvalue weighted by Crippen LogP contribution is -2.43. The Hall–Kier alpha value is -0.220. The fourth-order valence-corrected chi connectivity index (χ4v) is 4.08. The van der Waals surface area contributed by atoms with Crippen molar-refractivity contribution >= 4 is 17.7 Å². The van der Waals surface area contributed by atoms with Crippen LogP contribution in [0.2, 0.25) is 0 Å². The van der Waals surface area contributed by atoms with Gasteiger partial charge < -0.3 is 10.1 Å². The minimum absolute atomic E-state index is 0.103. The second-order valence-electron chi connectivity index (χ2n) is 5.54. The summed E-state index contributed by atoms with van der Waals surface area (Å²) in [5, 5.41) is 4.03. The van der Waals surface area contributed by atoms with Crippen LogP contribution in [-0.2, 0) is 9.53 Å². The lowest BCUT2D eigenvalue weighted by molar-refractivity contribution is -0.140. The molecule has 17 heavy (non-hydrogen) atoms. The highest BCUT2D eigenvalue weighted by atomic mass is 32.2. The Bertz CT molecular complexity index is 256. The summed E-state index contributed by atoms with van der Waals surface area (Å²) in [4.78, 5) is 11.1. The first-order chi connectivity index (χ1) is 7.98. The van der Waals surface area contributed by atoms with E-state index in [4.69, 9.17) is 0 Å². The Labute approximate surface area is 109 Å². The van der Waals surface area contributed by atoms with Crippen molar-refractivity contribution in [2.75, 3.05) is 19.9 Å². The molecule has 0 saturated heterocycles. The molecule has 0 aromatic rings. The van der Waals surface area contributed by atoms with Crippen LogP contribution in [0.1, 0.15) is 39.5 Å². The van der Waals surface area contributed by atoms with Gasteiger partial charge in [-0.25, -0.2) is 0 Å². The van der Waals surface area contributed by atoms with Crippen LogP contribution in [0, 0.1) is 5.41 Å². The highest BCUT2D eigenvalue weighted by molar-refractivity contribution is 7.99. The van der Waals surface area contributed by atoms with Gasteiger partial charge in [0.05, 0.1) is 13.5 Å². The van der Waals surface area contributed by atoms with E-state index >= 15 is 0 Å². The molecule has 0 heterocycles. The Morgan fingerprint density at radius 1 is 1.53 bits per heavy atom. The van der Waals surface area contributed by atoms with Crippen molar-refractivity contribution in [3.63, 3.8) is 0 Å². The molecule has 2 unspecified atom stereocenters. The number of esters is 1. The van der Waals surface area contributed by atoms with Crippen LogP contribution >= 0.6 is 11.8 Å². The molecule has 0 amide bonds. The summed E-state index contributed by atoms with van der Waals surface area (Å²) < 4.78 is 4.67. The van der Waals surface area contributed by atoms with Gasteiger partial charge in [-0.15, -0.1) is 0 Å². The van der Waals surface area contributed by atoms with Crippen molar-refractivity contribution in [3.05, 3.63) is 0 Å². The molecule has 0 aromatic carbocycles. The summed E-state index contributed by atoms with van der Waals surface area (Å²) in [6.45, 7) is 4.68. The number of hydrogen-bond donors (Lipinski definition) is 1. The molecule has 2 atom stereocenters. The van der Waals surface area contributed by atoms with E-state index in [0.717, 1.165) is 5.75 Å². The van der Waals surface area contributed by atoms with Gasteiger partial charge in [-0.2, -0.15) is 11.8 Å². The van der Waals surface area contributed by atoms with Crippen LogP contribution < -0.4 is 5.32 Å². The van der Waals surface area contributed by atoms with E-state index in [1.54, 1.807) is 0 Å². The third-order valence-electron chi connectivity index (χ3n) is 3.57. The molecule has 1 saturated carbocycles. The van der Waals surface area contributed by atoms with Gasteiger partial charge in [-0.1, -0.05) is 13.8 Å². The lowest BCUT2D eigenvalue weighted by Gasteiger charge is -2.40. The Balaban J connectivity index is 2.39. The first-order valence-corrected chi connectivity index (χ1v) is 7.39. The van der Waals surface area contributed by atoms with Gasteiger partial charge >= 0.3 is 5.97 Å². The number of carbonyl (C=O) groups excluding carboxylic acids is 1. The summed E-state index contributed by atoms with van der Waals surface area (Å²) in [5.74, 6) is 0.763. The molecular weight excluding hydrogens is 234 g/mol. The van der Waals surface area contributed by atoms with E-state index in [1.807, 2.05) is 18.8 Å². The first-order valence-electron chi connectivity index (χ1n) is 6.34. The molecule has 0 aliphatic heterocycles. The maximum absolute atomic E-state index is 11.1. The van der Waals surface area contributed by atoms with Gasteiger partial charge in [0.1, 0.15) is 0 Å². The number of methoxy groups -OCH3 is 1. The molecule has 0 bridgehead atoms. The quantitative estimate of drug-likeness (QED) is 0.770. The SMILES string of the molecule is CNC1CCC(C)(C)CC1SCCC(=O)OC. The largest absolute Gasteiger partial charge is 0.469 e. The summed E-state index contributed by atoms with van der Waals surface area (Å²) in [7, 11) is 3.49. The second-order valence-corrected chi connectivity index (χ2v) is 6.88. The Morgan fingerprint density at radius 3 is 2.82 bits per heavy atom. The van der Waals surface area contributed by atoms with Crippen molar-refractivity contribution < 1.29 is 9.53 Å². The molecule has 0 radical (unpaired) electrons. The summed E-state index contributed by atoms with van der Waals surface area (Å²) in [6.07, 6.45) is 4.27. The van der Waals surface area contributed by atoms with Crippen LogP contribution in [0.15, 0.2) is 0 Å². The standard InChI is InChI=1S/C13H25NO2S/c1-13(2)7-5-10(14-3)11(9-13)17-8-6-12(15)16-4/h10-11,14H,5-9H2,1-4H3. The van der Waals surface area contributed by atoms with Gasteiger partial charge in [0.2, 0.25) is 0 Å². The summed E-state index contributed by atoms with van der Waals surface area (Å²) in [5.41, 5.74) is 0.441. The first kappa shape index (κ1) is 14.8. The number of thioether (sulfide) groups is 1. The fraction of sp³-hybridized carbons (Fsp3) is 0.923. The number of hydrogen-bond acceptors (Lipinski definition) is 4. The van der Waals surface area contributed by atoms with Crippen LogP contribution in [0.5, 0.6) is 0 Å². The minimum Gasteiger partial charge on any atom is -0.469 e. The topological polar surface area (TPSA) is 38.3 Å². The molecule has 0 aromatic heterocycles. The highest BCUT2D eigenvalue weighted by Crippen LogP contribution is 2.40. The molecule has 4 heteroatoms. The minimum atomic E-state index is -0.103. The van der Waals surface area contributed by atoms with Crippen molar-refractivity contribution in [2.24, 2.45) is 5.41 Å². The maximum atomic E-state index is 11.1. The summed E-state index contributed by atoms with van der Waals surface area (Å²) in [6, 6.07) is 0.589. The van der Waals surface area contributed by atoms with Crippen molar-refractivity contribution in [1.82, 2.24) is 5.32 Å². The van der Waals surface area contributed by atoms with Gasteiger partial charge in [0.15, 0.2) is 0 Å². The van der Waals surface area contributed by atoms with Crippen molar-refractivity contribution in [3.8, 4) is 0 Å². The molecule has 100 valence electrons. The third-order valence-corrected chi connectivity index (χ3v) is 4.93. The smallest absolute Gasteiger partial charge is 0.306 e. The van der Waals surface area contributed by atoms with Crippen LogP contribution in [0.4, 0.5) is 0 Å². The Morgan fingerprint density at radius 2 is 2.24 bits per heavy atom. The number of nitrogens with one attached hydrogen (secondary N) is 1. The monoisotopic (exact) mass is 259 g/mol. The predicted octanol–water partition coefficient (Wildman–Crippen LogP) is 2.45. The highest BCUT2D eigenvalue weighted by Gasteiger charge is 2.34. The second kappa shape index (κ2) is 6.64. The van der Waals surface area contributed by atoms with Crippen LogP contribution in [-0.4, -0.2) is 37.2 Å². The van der Waals surface area contributed by atoms with E-state index in [1.165, 1.54) is 26.4 Å². The molecule has 0 spiro atoms. The Kier molecular flexibility index (Phi) is 5.80. The zero-order valence-electron chi connectivity index (χ0n) is 11.4. The summed E-state index contributed by atoms with van der Waals surface area (Å²) >= 11 is 1.91. The number of carbonyl (C=O) groups is 1. The predicted molar refractivity (Wildman–Crippen MR) is 73.4 cm³/mol. The van der Waals surface area contributed by atoms with E-state index in [-0.39, 0.29) is 5.97 Å². The average Bonchev–Trinajstić information content (AvgIpc) is 2.28. The zero-order valence-corrected chi connectivity index (χ0v) is 12.2. The van der Waals surface area contributed by atoms with Crippen molar-refractivity contribution in [1.29, 1.82) is 0 Å². The third kappa shape index (κ3) is 4.88. The van der Waals surface area contributed by atoms with Gasteiger partial charge in [0.25, 0.3) is 0 Å². The lowest BCUT2D eigenvalue weighted by atomic mass is 9.75. The van der Waals surface area contributed by atoms with Gasteiger partial charge in [-0.05, 0) is 31.7 Å². The van der Waals surface area contributed by atoms with Crippen LogP contribution in [0.3, 0.4) is 0 Å². The molecule has 1 N–H and O–H groups in total. The molecule has 1 rings (SSSR count). The van der Waals surface area contributed by atoms with E-state index in [2.05, 4.69) is 23.9 Å². The van der Waals surface area contributed by atoms with Gasteiger partial charge in [0, 0.05) is 17.0 Å². The van der Waals surface area contributed by atoms with E-state index in [9.17, 15) is 4.79 Å². The van der Waals surface area contributed by atoms with E-state index < -0.39 is 0 Å². The van der Waals surface area contributed by atoms with E-state index in [0.29, 0.717) is 23.1 Å². The van der Waals surface area contributed by atoms with Crippen LogP contribution in [0.25, 0.3) is 0 Å². The van der Waals surface area contributed by atoms with Crippen molar-refractivity contribution in [2.45, 2.75) is 50.8 Å². The fourth-order valence-electron chi connectivity index (χ4n) is 2.42. The molecule has 1 aliphatic rings. The number of ether oxygens (including phenoxy) is 1. The number of rotatable bonds is 5. The molecule has 1 fully saturated rings. The molecule has 3 nitrogen and oxygen atoms in total. The molecule has 1 aliphatic carbocycles. The maximum Gasteiger partial charge on any atom is 0.306 e. The molecular formula is C13H25NO2S. The normalized spacial score (nSPS) is 27.8. The van der Waals surface area contributed by atoms with Gasteiger partial charge in [-0.3, -0.25) is 4.79 Å². The average molecular weight is 259 g/mol. The zero-order chi connectivity index (χ0) is 12.9.